The number of nitro benzene ring substituents is 1. The van der Waals surface area contributed by atoms with Gasteiger partial charge in [0.2, 0.25) is 0 Å². The molecular formula is C12H16N2O4. The van der Waals surface area contributed by atoms with E-state index in [1.165, 1.54) is 6.07 Å². The molecule has 0 heterocycles. The first-order valence-corrected chi connectivity index (χ1v) is 5.70. The first-order valence-electron chi connectivity index (χ1n) is 5.70. The van der Waals surface area contributed by atoms with E-state index in [9.17, 15) is 14.9 Å². The van der Waals surface area contributed by atoms with Crippen molar-refractivity contribution in [3.63, 3.8) is 0 Å². The molecule has 0 fully saturated rings. The summed E-state index contributed by atoms with van der Waals surface area (Å²) in [5.41, 5.74) is 0.396. The summed E-state index contributed by atoms with van der Waals surface area (Å²) in [6.07, 6.45) is 0.167. The van der Waals surface area contributed by atoms with Gasteiger partial charge in [-0.05, 0) is 19.9 Å². The Labute approximate surface area is 105 Å². The minimum absolute atomic E-state index is 0.00629. The normalized spacial score (nSPS) is 11.7. The third-order valence-electron chi connectivity index (χ3n) is 2.28. The largest absolute Gasteiger partial charge is 0.466 e. The predicted molar refractivity (Wildman–Crippen MR) is 67.4 cm³/mol. The number of hydrogen-bond donors (Lipinski definition) is 1. The molecule has 0 saturated carbocycles. The maximum atomic E-state index is 11.3. The number of nitro groups is 1. The molecule has 1 aromatic rings. The smallest absolute Gasteiger partial charge is 0.307 e. The van der Waals surface area contributed by atoms with Gasteiger partial charge in [0.1, 0.15) is 5.69 Å². The van der Waals surface area contributed by atoms with Crippen LogP contribution in [-0.4, -0.2) is 23.5 Å². The molecule has 1 aromatic carbocycles. The van der Waals surface area contributed by atoms with Gasteiger partial charge in [0, 0.05) is 12.1 Å². The van der Waals surface area contributed by atoms with Gasteiger partial charge in [0.15, 0.2) is 0 Å². The fraction of sp³-hybridized carbons (Fsp3) is 0.417. The van der Waals surface area contributed by atoms with Crippen LogP contribution in [0.3, 0.4) is 0 Å². The van der Waals surface area contributed by atoms with Crippen LogP contribution < -0.4 is 5.32 Å². The van der Waals surface area contributed by atoms with Gasteiger partial charge in [-0.25, -0.2) is 0 Å². The topological polar surface area (TPSA) is 81.5 Å². The molecule has 98 valence electrons. The average Bonchev–Trinajstić information content (AvgIpc) is 2.29. The van der Waals surface area contributed by atoms with E-state index in [4.69, 9.17) is 4.74 Å². The highest BCUT2D eigenvalue weighted by atomic mass is 16.6. The van der Waals surface area contributed by atoms with Gasteiger partial charge in [-0.3, -0.25) is 14.9 Å². The molecule has 0 aliphatic carbocycles. The number of esters is 1. The van der Waals surface area contributed by atoms with Crippen molar-refractivity contribution in [1.29, 1.82) is 0 Å². The lowest BCUT2D eigenvalue weighted by molar-refractivity contribution is -0.384. The quantitative estimate of drug-likeness (QED) is 0.477. The molecule has 0 bridgehead atoms. The highest BCUT2D eigenvalue weighted by Crippen LogP contribution is 2.24. The molecule has 1 rings (SSSR count). The summed E-state index contributed by atoms with van der Waals surface area (Å²) in [6, 6.07) is 6.09. The SMILES string of the molecule is CCOC(=O)C[C@@H](C)Nc1ccccc1[N+](=O)[O-]. The molecule has 0 unspecified atom stereocenters. The lowest BCUT2D eigenvalue weighted by atomic mass is 10.2. The summed E-state index contributed by atoms with van der Waals surface area (Å²) in [7, 11) is 0. The Hall–Kier alpha value is -2.11. The number of anilines is 1. The summed E-state index contributed by atoms with van der Waals surface area (Å²) < 4.78 is 4.82. The Balaban J connectivity index is 2.67. The highest BCUT2D eigenvalue weighted by Gasteiger charge is 2.16. The van der Waals surface area contributed by atoms with Crippen LogP contribution in [0.25, 0.3) is 0 Å². The van der Waals surface area contributed by atoms with Crippen LogP contribution in [0.15, 0.2) is 24.3 Å². The van der Waals surface area contributed by atoms with Crippen molar-refractivity contribution in [1.82, 2.24) is 0 Å². The second-order valence-electron chi connectivity index (χ2n) is 3.83. The average molecular weight is 252 g/mol. The van der Waals surface area contributed by atoms with Crippen LogP contribution >= 0.6 is 0 Å². The molecule has 0 aliphatic rings. The van der Waals surface area contributed by atoms with E-state index in [0.29, 0.717) is 12.3 Å². The van der Waals surface area contributed by atoms with E-state index in [0.717, 1.165) is 0 Å². The molecule has 0 aromatic heterocycles. The Bertz CT molecular complexity index is 434. The molecule has 0 saturated heterocycles. The Morgan fingerprint density at radius 2 is 2.17 bits per heavy atom. The minimum Gasteiger partial charge on any atom is -0.466 e. The van der Waals surface area contributed by atoms with Crippen molar-refractivity contribution in [3.8, 4) is 0 Å². The fourth-order valence-electron chi connectivity index (χ4n) is 1.54. The third-order valence-corrected chi connectivity index (χ3v) is 2.28. The summed E-state index contributed by atoms with van der Waals surface area (Å²) in [5, 5.41) is 13.7. The number of carbonyl (C=O) groups is 1. The minimum atomic E-state index is -0.459. The number of nitrogens with one attached hydrogen (secondary N) is 1. The van der Waals surface area contributed by atoms with Crippen molar-refractivity contribution in [2.45, 2.75) is 26.3 Å². The number of ether oxygens (including phenoxy) is 1. The van der Waals surface area contributed by atoms with Crippen LogP contribution in [0.5, 0.6) is 0 Å². The Morgan fingerprint density at radius 1 is 1.50 bits per heavy atom. The van der Waals surface area contributed by atoms with Gasteiger partial charge >= 0.3 is 5.97 Å². The van der Waals surface area contributed by atoms with E-state index < -0.39 is 4.92 Å². The second kappa shape index (κ2) is 6.58. The predicted octanol–water partition coefficient (Wildman–Crippen LogP) is 2.35. The number of hydrogen-bond acceptors (Lipinski definition) is 5. The molecular weight excluding hydrogens is 236 g/mol. The highest BCUT2D eigenvalue weighted by molar-refractivity contribution is 5.71. The number of rotatable bonds is 6. The third kappa shape index (κ3) is 4.04. The van der Waals surface area contributed by atoms with E-state index in [2.05, 4.69) is 5.32 Å². The molecule has 0 amide bonds. The Morgan fingerprint density at radius 3 is 2.78 bits per heavy atom. The lowest BCUT2D eigenvalue weighted by Crippen LogP contribution is -2.21. The molecule has 0 aliphatic heterocycles. The van der Waals surface area contributed by atoms with Gasteiger partial charge in [-0.15, -0.1) is 0 Å². The molecule has 18 heavy (non-hydrogen) atoms. The Kier molecular flexibility index (Phi) is 5.10. The van der Waals surface area contributed by atoms with Crippen molar-refractivity contribution in [3.05, 3.63) is 34.4 Å². The zero-order valence-electron chi connectivity index (χ0n) is 10.4. The van der Waals surface area contributed by atoms with E-state index in [1.807, 2.05) is 0 Å². The number of benzene rings is 1. The summed E-state index contributed by atoms with van der Waals surface area (Å²) in [5.74, 6) is -0.323. The molecule has 0 spiro atoms. The van der Waals surface area contributed by atoms with Crippen LogP contribution in [0.1, 0.15) is 20.3 Å². The summed E-state index contributed by atoms with van der Waals surface area (Å²) in [4.78, 5) is 21.6. The van der Waals surface area contributed by atoms with Gasteiger partial charge in [-0.2, -0.15) is 0 Å². The van der Waals surface area contributed by atoms with Crippen LogP contribution in [0.4, 0.5) is 11.4 Å². The lowest BCUT2D eigenvalue weighted by Gasteiger charge is -2.14. The first kappa shape index (κ1) is 14.0. The zero-order valence-corrected chi connectivity index (χ0v) is 10.4. The van der Waals surface area contributed by atoms with Gasteiger partial charge in [0.25, 0.3) is 5.69 Å². The number of nitrogens with zero attached hydrogens (tertiary/aromatic N) is 1. The van der Waals surface area contributed by atoms with E-state index in [1.54, 1.807) is 32.0 Å². The summed E-state index contributed by atoms with van der Waals surface area (Å²) >= 11 is 0. The van der Waals surface area contributed by atoms with E-state index >= 15 is 0 Å². The fourth-order valence-corrected chi connectivity index (χ4v) is 1.54. The van der Waals surface area contributed by atoms with Crippen LogP contribution in [0, 0.1) is 10.1 Å². The molecule has 6 heteroatoms. The second-order valence-corrected chi connectivity index (χ2v) is 3.83. The first-order chi connectivity index (χ1) is 8.54. The maximum Gasteiger partial charge on any atom is 0.307 e. The molecule has 0 radical (unpaired) electrons. The summed E-state index contributed by atoms with van der Waals surface area (Å²) in [6.45, 7) is 3.84. The van der Waals surface area contributed by atoms with Crippen molar-refractivity contribution < 1.29 is 14.5 Å². The van der Waals surface area contributed by atoms with Gasteiger partial charge in [-0.1, -0.05) is 12.1 Å². The monoisotopic (exact) mass is 252 g/mol. The van der Waals surface area contributed by atoms with Gasteiger partial charge in [0.05, 0.1) is 18.0 Å². The standard InChI is InChI=1S/C12H16N2O4/c1-3-18-12(15)8-9(2)13-10-6-4-5-7-11(10)14(16)17/h4-7,9,13H,3,8H2,1-2H3/t9-/m1/s1. The zero-order chi connectivity index (χ0) is 13.5. The van der Waals surface area contributed by atoms with Crippen LogP contribution in [0.2, 0.25) is 0 Å². The molecule has 6 nitrogen and oxygen atoms in total. The van der Waals surface area contributed by atoms with E-state index in [-0.39, 0.29) is 24.1 Å². The molecule has 1 N–H and O–H groups in total. The van der Waals surface area contributed by atoms with Crippen molar-refractivity contribution >= 4 is 17.3 Å². The molecule has 1 atom stereocenters. The van der Waals surface area contributed by atoms with Crippen LogP contribution in [-0.2, 0) is 9.53 Å². The maximum absolute atomic E-state index is 11.3. The number of para-hydroxylation sites is 2. The van der Waals surface area contributed by atoms with Crippen molar-refractivity contribution in [2.24, 2.45) is 0 Å². The van der Waals surface area contributed by atoms with Gasteiger partial charge < -0.3 is 10.1 Å². The number of carbonyl (C=O) groups excluding carboxylic acids is 1. The van der Waals surface area contributed by atoms with Crippen molar-refractivity contribution in [2.75, 3.05) is 11.9 Å².